The number of ether oxygens (including phenoxy) is 2. The molecule has 3 heteroatoms. The summed E-state index contributed by atoms with van der Waals surface area (Å²) in [6.07, 6.45) is 1.93. The average molecular weight is 378 g/mol. The van der Waals surface area contributed by atoms with Crippen LogP contribution in [-0.4, -0.2) is 25.2 Å². The summed E-state index contributed by atoms with van der Waals surface area (Å²) >= 11 is 0. The number of rotatable bonds is 6. The van der Waals surface area contributed by atoms with E-state index >= 15 is 0 Å². The van der Waals surface area contributed by atoms with Crippen LogP contribution in [0.3, 0.4) is 0 Å². The Hall–Kier alpha value is -1.99. The van der Waals surface area contributed by atoms with Gasteiger partial charge in [-0.2, -0.15) is 0 Å². The van der Waals surface area contributed by atoms with Gasteiger partial charge in [-0.05, 0) is 0 Å². The van der Waals surface area contributed by atoms with Gasteiger partial charge in [-0.25, -0.2) is 0 Å². The summed E-state index contributed by atoms with van der Waals surface area (Å²) in [6.45, 7) is 3.46. The molecule has 0 saturated carbocycles. The molecule has 1 saturated heterocycles. The second-order valence-electron chi connectivity index (χ2n) is 7.33. The van der Waals surface area contributed by atoms with Crippen molar-refractivity contribution in [1.82, 2.24) is 0 Å². The Bertz CT molecular complexity index is 747. The Balaban J connectivity index is 1.86. The maximum absolute atomic E-state index is 5.94. The summed E-state index contributed by atoms with van der Waals surface area (Å²) in [6, 6.07) is 33.0. The summed E-state index contributed by atoms with van der Waals surface area (Å²) in [5.41, 5.74) is 0. The van der Waals surface area contributed by atoms with E-state index in [0.717, 1.165) is 12.6 Å². The van der Waals surface area contributed by atoms with Crippen molar-refractivity contribution >= 4 is 23.2 Å². The van der Waals surface area contributed by atoms with Gasteiger partial charge in [-0.3, -0.25) is 0 Å². The van der Waals surface area contributed by atoms with E-state index < -0.39 is 13.0 Å². The molecule has 0 radical (unpaired) electrons. The van der Waals surface area contributed by atoms with Gasteiger partial charge in [-0.1, -0.05) is 0 Å². The fraction of sp³-hybridized carbons (Fsp3) is 0.250. The molecule has 0 N–H and O–H groups in total. The van der Waals surface area contributed by atoms with Gasteiger partial charge in [0.15, 0.2) is 0 Å². The van der Waals surface area contributed by atoms with Gasteiger partial charge in [-0.15, -0.1) is 0 Å². The number of hydrogen-bond acceptors (Lipinski definition) is 2. The predicted octanol–water partition coefficient (Wildman–Crippen LogP) is 3.87. The molecule has 0 atom stereocenters. The van der Waals surface area contributed by atoms with Crippen molar-refractivity contribution in [1.29, 1.82) is 0 Å². The summed E-state index contributed by atoms with van der Waals surface area (Å²) < 4.78 is 11.9. The van der Waals surface area contributed by atoms with Gasteiger partial charge in [0.25, 0.3) is 0 Å². The van der Waals surface area contributed by atoms with E-state index in [2.05, 4.69) is 97.9 Å². The molecule has 2 nitrogen and oxygen atoms in total. The van der Waals surface area contributed by atoms with Gasteiger partial charge >= 0.3 is 162 Å². The van der Waals surface area contributed by atoms with Gasteiger partial charge in [0.05, 0.1) is 0 Å². The first-order valence-corrected chi connectivity index (χ1v) is 11.9. The zero-order chi connectivity index (χ0) is 18.6. The Kier molecular flexibility index (Phi) is 5.41. The van der Waals surface area contributed by atoms with Crippen molar-refractivity contribution < 1.29 is 9.47 Å². The van der Waals surface area contributed by atoms with Gasteiger partial charge in [0, 0.05) is 0 Å². The van der Waals surface area contributed by atoms with Gasteiger partial charge in [0.1, 0.15) is 0 Å². The van der Waals surface area contributed by atoms with Crippen LogP contribution in [0.2, 0.25) is 0 Å². The van der Waals surface area contributed by atoms with Crippen LogP contribution in [0.15, 0.2) is 91.0 Å². The molecule has 0 aliphatic carbocycles. The molecule has 1 heterocycles. The first-order chi connectivity index (χ1) is 13.2. The Morgan fingerprint density at radius 3 is 1.41 bits per heavy atom. The zero-order valence-corrected chi connectivity index (χ0v) is 16.8. The second-order valence-corrected chi connectivity index (χ2v) is 11.4. The third-order valence-electron chi connectivity index (χ3n) is 5.65. The fourth-order valence-corrected chi connectivity index (χ4v) is 9.20. The number of benzene rings is 3. The van der Waals surface area contributed by atoms with E-state index in [9.17, 15) is 0 Å². The molecule has 0 unspecified atom stereocenters. The van der Waals surface area contributed by atoms with E-state index in [1.165, 1.54) is 15.9 Å². The predicted molar refractivity (Wildman–Crippen MR) is 116 cm³/mol. The molecule has 0 bridgehead atoms. The van der Waals surface area contributed by atoms with Crippen molar-refractivity contribution in [2.75, 3.05) is 19.4 Å². The first-order valence-electron chi connectivity index (χ1n) is 9.67. The molecule has 0 amide bonds. The molecule has 3 aromatic carbocycles. The van der Waals surface area contributed by atoms with Gasteiger partial charge < -0.3 is 0 Å². The minimum absolute atomic E-state index is 0.476. The van der Waals surface area contributed by atoms with E-state index in [-0.39, 0.29) is 0 Å². The second kappa shape index (κ2) is 7.94. The molecule has 0 spiro atoms. The SMILES string of the molecule is CC1(CC[PH](c2ccccc2)(c2ccccc2)c2ccccc2)OCCO1. The number of hydrogen-bond donors (Lipinski definition) is 0. The molecule has 1 aliphatic rings. The molecule has 1 fully saturated rings. The third kappa shape index (κ3) is 3.71. The van der Waals surface area contributed by atoms with Crippen LogP contribution in [0.5, 0.6) is 0 Å². The van der Waals surface area contributed by atoms with E-state index in [4.69, 9.17) is 9.47 Å². The molecule has 27 heavy (non-hydrogen) atoms. The molecule has 1 aliphatic heterocycles. The van der Waals surface area contributed by atoms with Gasteiger partial charge in [0.2, 0.25) is 0 Å². The van der Waals surface area contributed by atoms with Crippen LogP contribution >= 0.6 is 7.26 Å². The van der Waals surface area contributed by atoms with Crippen molar-refractivity contribution in [3.63, 3.8) is 0 Å². The summed E-state index contributed by atoms with van der Waals surface area (Å²) in [4.78, 5) is 0. The maximum atomic E-state index is 5.94. The van der Waals surface area contributed by atoms with E-state index in [1.54, 1.807) is 0 Å². The average Bonchev–Trinajstić information content (AvgIpc) is 3.18. The van der Waals surface area contributed by atoms with Crippen LogP contribution in [0, 0.1) is 0 Å². The van der Waals surface area contributed by atoms with Crippen LogP contribution in [-0.2, 0) is 9.47 Å². The van der Waals surface area contributed by atoms with E-state index in [0.29, 0.717) is 13.2 Å². The fourth-order valence-electron chi connectivity index (χ4n) is 4.22. The van der Waals surface area contributed by atoms with Crippen LogP contribution in [0.1, 0.15) is 13.3 Å². The van der Waals surface area contributed by atoms with Crippen LogP contribution < -0.4 is 15.9 Å². The normalized spacial score (nSPS) is 16.9. The Morgan fingerprint density at radius 2 is 1.04 bits per heavy atom. The topological polar surface area (TPSA) is 18.5 Å². The van der Waals surface area contributed by atoms with Crippen molar-refractivity contribution in [3.05, 3.63) is 91.0 Å². The monoisotopic (exact) mass is 378 g/mol. The van der Waals surface area contributed by atoms with Crippen molar-refractivity contribution in [3.8, 4) is 0 Å². The van der Waals surface area contributed by atoms with Crippen LogP contribution in [0.4, 0.5) is 0 Å². The summed E-state index contributed by atoms with van der Waals surface area (Å²) in [5, 5.41) is 4.30. The molecule has 0 aromatic heterocycles. The molecule has 4 rings (SSSR count). The van der Waals surface area contributed by atoms with Crippen molar-refractivity contribution in [2.24, 2.45) is 0 Å². The molecule has 3 aromatic rings. The Morgan fingerprint density at radius 1 is 0.667 bits per heavy atom. The summed E-state index contributed by atoms with van der Waals surface area (Å²) in [7, 11) is -2.20. The first kappa shape index (κ1) is 18.4. The zero-order valence-electron chi connectivity index (χ0n) is 15.8. The third-order valence-corrected chi connectivity index (χ3v) is 10.6. The summed E-state index contributed by atoms with van der Waals surface area (Å²) in [5.74, 6) is -0.476. The quantitative estimate of drug-likeness (QED) is 0.607. The molecular formula is C24H27O2P. The standard InChI is InChI=1S/C24H27O2P/c1-24(25-18-19-26-24)17-20-27(21-11-5-2-6-12-21,22-13-7-3-8-14-22)23-15-9-4-10-16-23/h2-16,27H,17-20H2,1H3. The minimum atomic E-state index is -2.20. The van der Waals surface area contributed by atoms with Crippen molar-refractivity contribution in [2.45, 2.75) is 19.1 Å². The Labute approximate surface area is 162 Å². The van der Waals surface area contributed by atoms with E-state index in [1.807, 2.05) is 0 Å². The molecular weight excluding hydrogens is 351 g/mol. The van der Waals surface area contributed by atoms with Crippen LogP contribution in [0.25, 0.3) is 0 Å². The molecule has 140 valence electrons.